The molecule has 0 unspecified atom stereocenters. The molecule has 0 saturated heterocycles. The molecule has 0 aromatic heterocycles. The van der Waals surface area contributed by atoms with Gasteiger partial charge in [0.05, 0.1) is 0 Å². The molecular weight excluding hydrogens is 151 g/mol. The predicted octanol–water partition coefficient (Wildman–Crippen LogP) is 0.353. The first kappa shape index (κ1) is 6.05. The molecule has 0 bridgehead atoms. The highest BCUT2D eigenvalue weighted by atomic mass is 35.5. The Morgan fingerprint density at radius 1 is 1.00 bits per heavy atom. The minimum atomic E-state index is -0.961. The lowest BCUT2D eigenvalue weighted by Gasteiger charge is -2.20. The monoisotopic (exact) mass is 152 g/mol. The third-order valence-electron chi connectivity index (χ3n) is 0.999. The van der Waals surface area contributed by atoms with E-state index in [1.54, 1.807) is 0 Å². The summed E-state index contributed by atoms with van der Waals surface area (Å²) in [6.07, 6.45) is 0. The number of rotatable bonds is 0. The molecule has 4 heteroatoms. The summed E-state index contributed by atoms with van der Waals surface area (Å²) >= 11 is 10.3. The quantitative estimate of drug-likeness (QED) is 0.371. The third kappa shape index (κ3) is 0.565. The zero-order valence-corrected chi connectivity index (χ0v) is 5.24. The number of halogens is 2. The van der Waals surface area contributed by atoms with Crippen LogP contribution in [0, 0.1) is 0 Å². The maximum absolute atomic E-state index is 10.3. The lowest BCUT2D eigenvalue weighted by molar-refractivity contribution is -0.135. The Labute approximate surface area is 55.8 Å². The van der Waals surface area contributed by atoms with Crippen LogP contribution in [0.1, 0.15) is 0 Å². The average Bonchev–Trinajstić information content (AvgIpc) is 1.83. The fourth-order valence-electron chi connectivity index (χ4n) is 0.441. The Morgan fingerprint density at radius 2 is 1.25 bits per heavy atom. The fraction of sp³-hybridized carbons (Fsp3) is 0.500. The summed E-state index contributed by atoms with van der Waals surface area (Å²) in [5, 5.41) is -1.92. The summed E-state index contributed by atoms with van der Waals surface area (Å²) in [7, 11) is 0. The highest BCUT2D eigenvalue weighted by Crippen LogP contribution is 2.21. The molecule has 44 valence electrons. The number of carbonyl (C=O) groups excluding carboxylic acids is 2. The maximum Gasteiger partial charge on any atom is 0.183 e. The molecular formula is C4H2Cl2O2. The molecule has 0 heterocycles. The van der Waals surface area contributed by atoms with Gasteiger partial charge in [0.25, 0.3) is 0 Å². The Balaban J connectivity index is 2.68. The van der Waals surface area contributed by atoms with Gasteiger partial charge in [0.1, 0.15) is 0 Å². The molecule has 2 nitrogen and oxygen atoms in total. The molecule has 1 aliphatic carbocycles. The normalized spacial score (nSPS) is 37.2. The van der Waals surface area contributed by atoms with Gasteiger partial charge < -0.3 is 0 Å². The van der Waals surface area contributed by atoms with Crippen molar-refractivity contribution in [2.45, 2.75) is 10.8 Å². The van der Waals surface area contributed by atoms with Gasteiger partial charge in [-0.15, -0.1) is 23.2 Å². The third-order valence-corrected chi connectivity index (χ3v) is 1.86. The second-order valence-corrected chi connectivity index (χ2v) is 2.40. The second kappa shape index (κ2) is 1.71. The van der Waals surface area contributed by atoms with Gasteiger partial charge >= 0.3 is 0 Å². The van der Waals surface area contributed by atoms with Crippen LogP contribution in [0.2, 0.25) is 0 Å². The van der Waals surface area contributed by atoms with E-state index in [4.69, 9.17) is 23.2 Å². The van der Waals surface area contributed by atoms with E-state index in [-0.39, 0.29) is 11.6 Å². The van der Waals surface area contributed by atoms with Gasteiger partial charge in [0.15, 0.2) is 22.3 Å². The van der Waals surface area contributed by atoms with Gasteiger partial charge in [-0.05, 0) is 0 Å². The highest BCUT2D eigenvalue weighted by Gasteiger charge is 2.46. The van der Waals surface area contributed by atoms with Crippen LogP contribution in [-0.2, 0) is 9.59 Å². The number of hydrogen-bond acceptors (Lipinski definition) is 2. The molecule has 1 saturated carbocycles. The van der Waals surface area contributed by atoms with Crippen LogP contribution in [0.5, 0.6) is 0 Å². The number of Topliss-reactive ketones (excluding diaryl/α,β-unsaturated/α-hetero) is 2. The summed E-state index contributed by atoms with van der Waals surface area (Å²) in [4.78, 5) is 20.6. The first-order valence-corrected chi connectivity index (χ1v) is 2.87. The minimum Gasteiger partial charge on any atom is -0.295 e. The van der Waals surface area contributed by atoms with Gasteiger partial charge in [0.2, 0.25) is 0 Å². The first-order valence-electron chi connectivity index (χ1n) is 2.00. The van der Waals surface area contributed by atoms with Gasteiger partial charge in [0, 0.05) is 0 Å². The van der Waals surface area contributed by atoms with Crippen molar-refractivity contribution in [3.8, 4) is 0 Å². The Hall–Kier alpha value is -0.0800. The molecule has 0 aliphatic heterocycles. The van der Waals surface area contributed by atoms with E-state index in [2.05, 4.69) is 0 Å². The summed E-state index contributed by atoms with van der Waals surface area (Å²) < 4.78 is 0. The van der Waals surface area contributed by atoms with E-state index in [1.165, 1.54) is 0 Å². The number of carbonyl (C=O) groups is 2. The molecule has 0 atom stereocenters. The largest absolute Gasteiger partial charge is 0.295 e. The smallest absolute Gasteiger partial charge is 0.183 e. The van der Waals surface area contributed by atoms with Crippen LogP contribution in [0.15, 0.2) is 0 Å². The Bertz CT molecular complexity index is 124. The topological polar surface area (TPSA) is 34.1 Å². The van der Waals surface area contributed by atoms with Crippen molar-refractivity contribution in [1.82, 2.24) is 0 Å². The SMILES string of the molecule is O=C1C(Cl)C(=O)C1Cl. The lowest BCUT2D eigenvalue weighted by atomic mass is 9.95. The average molecular weight is 153 g/mol. The molecule has 0 aromatic carbocycles. The predicted molar refractivity (Wildman–Crippen MR) is 29.3 cm³/mol. The second-order valence-electron chi connectivity index (χ2n) is 1.53. The molecule has 1 rings (SSSR count). The zero-order chi connectivity index (χ0) is 6.31. The van der Waals surface area contributed by atoms with Crippen molar-refractivity contribution in [3.05, 3.63) is 0 Å². The van der Waals surface area contributed by atoms with Crippen molar-refractivity contribution in [1.29, 1.82) is 0 Å². The lowest BCUT2D eigenvalue weighted by Crippen LogP contribution is -2.50. The number of alkyl halides is 2. The van der Waals surface area contributed by atoms with E-state index < -0.39 is 10.8 Å². The van der Waals surface area contributed by atoms with Crippen molar-refractivity contribution < 1.29 is 9.59 Å². The van der Waals surface area contributed by atoms with Crippen molar-refractivity contribution in [3.63, 3.8) is 0 Å². The van der Waals surface area contributed by atoms with Crippen LogP contribution in [0.4, 0.5) is 0 Å². The maximum atomic E-state index is 10.3. The van der Waals surface area contributed by atoms with Crippen molar-refractivity contribution >= 4 is 34.8 Å². The first-order chi connectivity index (χ1) is 3.64. The van der Waals surface area contributed by atoms with Gasteiger partial charge in [-0.3, -0.25) is 9.59 Å². The summed E-state index contributed by atoms with van der Waals surface area (Å²) in [6, 6.07) is 0. The molecule has 1 aliphatic rings. The van der Waals surface area contributed by atoms with E-state index in [1.807, 2.05) is 0 Å². The van der Waals surface area contributed by atoms with E-state index in [0.29, 0.717) is 0 Å². The van der Waals surface area contributed by atoms with Gasteiger partial charge in [-0.2, -0.15) is 0 Å². The number of hydrogen-bond donors (Lipinski definition) is 0. The molecule has 8 heavy (non-hydrogen) atoms. The van der Waals surface area contributed by atoms with Crippen LogP contribution in [0.25, 0.3) is 0 Å². The Kier molecular flexibility index (Phi) is 1.29. The van der Waals surface area contributed by atoms with Crippen molar-refractivity contribution in [2.24, 2.45) is 0 Å². The number of ketones is 2. The molecule has 0 spiro atoms. The fourth-order valence-corrected chi connectivity index (χ4v) is 1.07. The van der Waals surface area contributed by atoms with Crippen LogP contribution < -0.4 is 0 Å². The highest BCUT2D eigenvalue weighted by molar-refractivity contribution is 6.63. The molecule has 0 aromatic rings. The van der Waals surface area contributed by atoms with E-state index in [0.717, 1.165) is 0 Å². The van der Waals surface area contributed by atoms with Crippen molar-refractivity contribution in [2.75, 3.05) is 0 Å². The molecule has 1 fully saturated rings. The standard InChI is InChI=1S/C4H2Cl2O2/c5-1-3(7)2(6)4(1)8/h1-2H. The van der Waals surface area contributed by atoms with Gasteiger partial charge in [-0.25, -0.2) is 0 Å². The minimum absolute atomic E-state index is 0.377. The summed E-state index contributed by atoms with van der Waals surface area (Å²) in [5.74, 6) is -0.753. The Morgan fingerprint density at radius 3 is 1.38 bits per heavy atom. The van der Waals surface area contributed by atoms with E-state index in [9.17, 15) is 9.59 Å². The summed E-state index contributed by atoms with van der Waals surface area (Å²) in [5.41, 5.74) is 0. The summed E-state index contributed by atoms with van der Waals surface area (Å²) in [6.45, 7) is 0. The molecule has 0 N–H and O–H groups in total. The zero-order valence-electron chi connectivity index (χ0n) is 3.73. The van der Waals surface area contributed by atoms with Crippen LogP contribution in [0.3, 0.4) is 0 Å². The van der Waals surface area contributed by atoms with Crippen LogP contribution in [-0.4, -0.2) is 22.3 Å². The molecule has 0 radical (unpaired) electrons. The van der Waals surface area contributed by atoms with Crippen LogP contribution >= 0.6 is 23.2 Å². The van der Waals surface area contributed by atoms with Gasteiger partial charge in [-0.1, -0.05) is 0 Å². The molecule has 0 amide bonds. The van der Waals surface area contributed by atoms with E-state index >= 15 is 0 Å².